The summed E-state index contributed by atoms with van der Waals surface area (Å²) in [5.41, 5.74) is 0.540. The minimum absolute atomic E-state index is 0.444. The second-order valence-electron chi connectivity index (χ2n) is 3.36. The summed E-state index contributed by atoms with van der Waals surface area (Å²) < 4.78 is 38.2. The maximum atomic E-state index is 12.8. The fourth-order valence-corrected chi connectivity index (χ4v) is 2.31. The van der Waals surface area contributed by atoms with E-state index in [2.05, 4.69) is 0 Å². The van der Waals surface area contributed by atoms with Crippen molar-refractivity contribution in [3.05, 3.63) is 35.1 Å². The first-order valence-corrected chi connectivity index (χ1v) is 5.46. The summed E-state index contributed by atoms with van der Waals surface area (Å²) in [5.74, 6) is -2.46. The predicted molar refractivity (Wildman–Crippen MR) is 50.9 cm³/mol. The summed E-state index contributed by atoms with van der Waals surface area (Å²) in [4.78, 5) is 0. The van der Waals surface area contributed by atoms with Crippen LogP contribution in [0, 0.1) is 17.5 Å². The molecule has 0 bridgehead atoms. The molecule has 1 heterocycles. The molecule has 1 unspecified atom stereocenters. The van der Waals surface area contributed by atoms with Gasteiger partial charge in [0.2, 0.25) is 0 Å². The SMILES string of the molecule is Fc1cc(CC2CCS2)cc(F)c1F. The number of thioether (sulfide) groups is 1. The highest BCUT2D eigenvalue weighted by Crippen LogP contribution is 2.31. The molecule has 0 saturated carbocycles. The van der Waals surface area contributed by atoms with Crippen molar-refractivity contribution < 1.29 is 13.2 Å². The average molecular weight is 218 g/mol. The molecule has 1 aromatic rings. The zero-order valence-electron chi connectivity index (χ0n) is 7.40. The van der Waals surface area contributed by atoms with Crippen LogP contribution in [0.25, 0.3) is 0 Å². The minimum atomic E-state index is -1.38. The molecule has 0 spiro atoms. The Morgan fingerprint density at radius 2 is 1.79 bits per heavy atom. The third-order valence-electron chi connectivity index (χ3n) is 2.30. The second-order valence-corrected chi connectivity index (χ2v) is 4.77. The molecule has 14 heavy (non-hydrogen) atoms. The fraction of sp³-hybridized carbons (Fsp3) is 0.400. The molecule has 4 heteroatoms. The number of hydrogen-bond donors (Lipinski definition) is 0. The van der Waals surface area contributed by atoms with Crippen LogP contribution in [0.4, 0.5) is 13.2 Å². The third-order valence-corrected chi connectivity index (χ3v) is 3.65. The lowest BCUT2D eigenvalue weighted by atomic mass is 10.1. The van der Waals surface area contributed by atoms with E-state index in [0.29, 0.717) is 17.2 Å². The van der Waals surface area contributed by atoms with Crippen LogP contribution >= 0.6 is 11.8 Å². The Balaban J connectivity index is 2.17. The van der Waals surface area contributed by atoms with Crippen molar-refractivity contribution in [2.45, 2.75) is 18.1 Å². The summed E-state index contributed by atoms with van der Waals surface area (Å²) in [6.45, 7) is 0. The summed E-state index contributed by atoms with van der Waals surface area (Å²) in [7, 11) is 0. The van der Waals surface area contributed by atoms with Crippen LogP contribution in [0.2, 0.25) is 0 Å². The van der Waals surface area contributed by atoms with Crippen molar-refractivity contribution in [1.29, 1.82) is 0 Å². The molecule has 1 aromatic carbocycles. The lowest BCUT2D eigenvalue weighted by Gasteiger charge is -2.24. The Labute approximate surface area is 84.5 Å². The van der Waals surface area contributed by atoms with Crippen LogP contribution in [0.1, 0.15) is 12.0 Å². The van der Waals surface area contributed by atoms with Crippen molar-refractivity contribution in [3.8, 4) is 0 Å². The molecule has 0 radical (unpaired) electrons. The van der Waals surface area contributed by atoms with Crippen LogP contribution in [0.3, 0.4) is 0 Å². The van der Waals surface area contributed by atoms with Gasteiger partial charge in [-0.05, 0) is 36.3 Å². The van der Waals surface area contributed by atoms with Crippen LogP contribution in [-0.2, 0) is 6.42 Å². The molecule has 1 saturated heterocycles. The highest BCUT2D eigenvalue weighted by Gasteiger charge is 2.20. The Hall–Kier alpha value is -0.640. The molecule has 1 fully saturated rings. The lowest BCUT2D eigenvalue weighted by molar-refractivity contribution is 0.445. The monoisotopic (exact) mass is 218 g/mol. The Bertz CT molecular complexity index is 324. The first-order chi connectivity index (χ1) is 6.66. The molecule has 0 N–H and O–H groups in total. The topological polar surface area (TPSA) is 0 Å². The van der Waals surface area contributed by atoms with Crippen molar-refractivity contribution in [2.24, 2.45) is 0 Å². The van der Waals surface area contributed by atoms with E-state index < -0.39 is 17.5 Å². The van der Waals surface area contributed by atoms with Crippen LogP contribution < -0.4 is 0 Å². The summed E-state index contributed by atoms with van der Waals surface area (Å²) >= 11 is 1.78. The zero-order valence-corrected chi connectivity index (χ0v) is 8.21. The van der Waals surface area contributed by atoms with Gasteiger partial charge in [-0.25, -0.2) is 13.2 Å². The van der Waals surface area contributed by atoms with Crippen molar-refractivity contribution in [3.63, 3.8) is 0 Å². The quantitative estimate of drug-likeness (QED) is 0.687. The van der Waals surface area contributed by atoms with Crippen molar-refractivity contribution in [1.82, 2.24) is 0 Å². The molecule has 0 aromatic heterocycles. The zero-order chi connectivity index (χ0) is 10.1. The molecule has 76 valence electrons. The number of hydrogen-bond acceptors (Lipinski definition) is 1. The summed E-state index contributed by atoms with van der Waals surface area (Å²) in [6, 6.07) is 2.16. The van der Waals surface area contributed by atoms with Crippen molar-refractivity contribution in [2.75, 3.05) is 5.75 Å². The normalized spacial score (nSPS) is 20.6. The van der Waals surface area contributed by atoms with Gasteiger partial charge < -0.3 is 0 Å². The minimum Gasteiger partial charge on any atom is -0.204 e. The van der Waals surface area contributed by atoms with Gasteiger partial charge in [0.15, 0.2) is 17.5 Å². The molecular weight excluding hydrogens is 209 g/mol. The smallest absolute Gasteiger partial charge is 0.194 e. The first kappa shape index (κ1) is 9.90. The first-order valence-electron chi connectivity index (χ1n) is 4.42. The highest BCUT2D eigenvalue weighted by atomic mass is 32.2. The standard InChI is InChI=1S/C10H9F3S/c11-8-4-6(3-7-1-2-14-7)5-9(12)10(8)13/h4-5,7H,1-3H2. The number of halogens is 3. The second kappa shape index (κ2) is 3.85. The third kappa shape index (κ3) is 1.90. The molecule has 2 rings (SSSR count). The maximum absolute atomic E-state index is 12.8. The van der Waals surface area contributed by atoms with Crippen LogP contribution in [0.5, 0.6) is 0 Å². The van der Waals surface area contributed by atoms with E-state index in [1.807, 2.05) is 0 Å². The van der Waals surface area contributed by atoms with Gasteiger partial charge in [-0.2, -0.15) is 11.8 Å². The van der Waals surface area contributed by atoms with Crippen LogP contribution in [-0.4, -0.2) is 11.0 Å². The fourth-order valence-electron chi connectivity index (χ4n) is 1.43. The van der Waals surface area contributed by atoms with Gasteiger partial charge in [-0.15, -0.1) is 0 Å². The Kier molecular flexibility index (Phi) is 2.72. The van der Waals surface area contributed by atoms with E-state index in [0.717, 1.165) is 24.3 Å². The molecule has 0 amide bonds. The number of benzene rings is 1. The number of rotatable bonds is 2. The van der Waals surface area contributed by atoms with E-state index >= 15 is 0 Å². The lowest BCUT2D eigenvalue weighted by Crippen LogP contribution is -2.18. The molecular formula is C10H9F3S. The van der Waals surface area contributed by atoms with E-state index in [4.69, 9.17) is 0 Å². The largest absolute Gasteiger partial charge is 0.204 e. The van der Waals surface area contributed by atoms with Gasteiger partial charge in [0, 0.05) is 5.25 Å². The predicted octanol–water partition coefficient (Wildman–Crippen LogP) is 3.15. The molecule has 1 aliphatic heterocycles. The van der Waals surface area contributed by atoms with Crippen molar-refractivity contribution >= 4 is 11.8 Å². The van der Waals surface area contributed by atoms with Gasteiger partial charge >= 0.3 is 0 Å². The van der Waals surface area contributed by atoms with Crippen LogP contribution in [0.15, 0.2) is 12.1 Å². The average Bonchev–Trinajstić information content (AvgIpc) is 2.07. The maximum Gasteiger partial charge on any atom is 0.194 e. The van der Waals surface area contributed by atoms with E-state index in [-0.39, 0.29) is 0 Å². The van der Waals surface area contributed by atoms with E-state index in [1.165, 1.54) is 0 Å². The van der Waals surface area contributed by atoms with E-state index in [9.17, 15) is 13.2 Å². The molecule has 1 atom stereocenters. The van der Waals surface area contributed by atoms with Gasteiger partial charge in [0.1, 0.15) is 0 Å². The van der Waals surface area contributed by atoms with Gasteiger partial charge in [0.05, 0.1) is 0 Å². The van der Waals surface area contributed by atoms with Gasteiger partial charge in [0.25, 0.3) is 0 Å². The Morgan fingerprint density at radius 1 is 1.21 bits per heavy atom. The molecule has 0 aliphatic carbocycles. The van der Waals surface area contributed by atoms with Gasteiger partial charge in [-0.1, -0.05) is 0 Å². The highest BCUT2D eigenvalue weighted by molar-refractivity contribution is 8.01. The van der Waals surface area contributed by atoms with Gasteiger partial charge in [-0.3, -0.25) is 0 Å². The molecule has 1 aliphatic rings. The summed E-state index contributed by atoms with van der Waals surface area (Å²) in [6.07, 6.45) is 1.70. The Morgan fingerprint density at radius 3 is 2.21 bits per heavy atom. The summed E-state index contributed by atoms with van der Waals surface area (Å²) in [5, 5.41) is 0.444. The van der Waals surface area contributed by atoms with E-state index in [1.54, 1.807) is 11.8 Å². The molecule has 0 nitrogen and oxygen atoms in total.